The third-order valence-corrected chi connectivity index (χ3v) is 4.08. The average molecular weight is 338 g/mol. The summed E-state index contributed by atoms with van der Waals surface area (Å²) in [6, 6.07) is 6.38. The monoisotopic (exact) mass is 337 g/mol. The minimum absolute atomic E-state index is 0.808. The highest BCUT2D eigenvalue weighted by molar-refractivity contribution is 9.10. The fraction of sp³-hybridized carbons (Fsp3) is 0.562. The van der Waals surface area contributed by atoms with Crippen LogP contribution < -0.4 is 5.73 Å². The summed E-state index contributed by atoms with van der Waals surface area (Å²) in [5.74, 6) is 1.23. The van der Waals surface area contributed by atoms with Crippen LogP contribution in [0.2, 0.25) is 0 Å². The molecule has 0 aliphatic heterocycles. The van der Waals surface area contributed by atoms with Gasteiger partial charge >= 0.3 is 0 Å². The first-order valence-electron chi connectivity index (χ1n) is 7.61. The Balaban J connectivity index is 2.12. The van der Waals surface area contributed by atoms with E-state index in [0.717, 1.165) is 42.3 Å². The molecule has 3 nitrogen and oxygen atoms in total. The molecule has 1 heterocycles. The number of benzene rings is 1. The van der Waals surface area contributed by atoms with Gasteiger partial charge in [0, 0.05) is 17.4 Å². The second-order valence-corrected chi connectivity index (χ2v) is 6.18. The molecule has 1 aromatic heterocycles. The summed E-state index contributed by atoms with van der Waals surface area (Å²) in [6.07, 6.45) is 7.03. The molecule has 0 saturated carbocycles. The molecule has 2 rings (SSSR count). The van der Waals surface area contributed by atoms with E-state index in [1.165, 1.54) is 30.6 Å². The van der Waals surface area contributed by atoms with Gasteiger partial charge < -0.3 is 10.3 Å². The zero-order valence-electron chi connectivity index (χ0n) is 12.2. The van der Waals surface area contributed by atoms with Crippen LogP contribution in [-0.2, 0) is 13.0 Å². The summed E-state index contributed by atoms with van der Waals surface area (Å²) in [5.41, 5.74) is 7.89. The first-order chi connectivity index (χ1) is 9.76. The lowest BCUT2D eigenvalue weighted by molar-refractivity contribution is 0.601. The standard InChI is InChI=1S/C16H24BrN3/c1-2-11-20-15-9-8-13(17)12-14(15)19-16(20)7-5-3-4-6-10-18/h8-9,12H,2-7,10-11,18H2,1H3. The van der Waals surface area contributed by atoms with Gasteiger partial charge in [0.25, 0.3) is 0 Å². The molecule has 0 bridgehead atoms. The highest BCUT2D eigenvalue weighted by atomic mass is 79.9. The van der Waals surface area contributed by atoms with E-state index in [0.29, 0.717) is 0 Å². The molecule has 0 radical (unpaired) electrons. The summed E-state index contributed by atoms with van der Waals surface area (Å²) in [6.45, 7) is 4.08. The normalized spacial score (nSPS) is 11.3. The van der Waals surface area contributed by atoms with Crippen LogP contribution in [0.3, 0.4) is 0 Å². The van der Waals surface area contributed by atoms with Crippen molar-refractivity contribution < 1.29 is 0 Å². The van der Waals surface area contributed by atoms with E-state index in [1.54, 1.807) is 0 Å². The van der Waals surface area contributed by atoms with Gasteiger partial charge in [0.2, 0.25) is 0 Å². The summed E-state index contributed by atoms with van der Waals surface area (Å²) in [5, 5.41) is 0. The molecule has 0 aliphatic rings. The van der Waals surface area contributed by atoms with Gasteiger partial charge in [0.05, 0.1) is 11.0 Å². The van der Waals surface area contributed by atoms with Crippen molar-refractivity contribution in [2.24, 2.45) is 5.73 Å². The maximum Gasteiger partial charge on any atom is 0.109 e. The third kappa shape index (κ3) is 3.83. The molecule has 0 unspecified atom stereocenters. The van der Waals surface area contributed by atoms with Crippen LogP contribution in [0.25, 0.3) is 11.0 Å². The smallest absolute Gasteiger partial charge is 0.109 e. The second-order valence-electron chi connectivity index (χ2n) is 5.27. The topological polar surface area (TPSA) is 43.8 Å². The van der Waals surface area contributed by atoms with Crippen LogP contribution in [-0.4, -0.2) is 16.1 Å². The molecule has 1 aromatic carbocycles. The summed E-state index contributed by atoms with van der Waals surface area (Å²) in [7, 11) is 0. The highest BCUT2D eigenvalue weighted by Crippen LogP contribution is 2.22. The maximum atomic E-state index is 5.53. The minimum atomic E-state index is 0.808. The molecule has 0 spiro atoms. The Bertz CT molecular complexity index is 548. The quantitative estimate of drug-likeness (QED) is 0.731. The zero-order chi connectivity index (χ0) is 14.4. The first kappa shape index (κ1) is 15.5. The van der Waals surface area contributed by atoms with Crippen LogP contribution in [0.15, 0.2) is 22.7 Å². The highest BCUT2D eigenvalue weighted by Gasteiger charge is 2.10. The van der Waals surface area contributed by atoms with E-state index in [2.05, 4.69) is 45.6 Å². The number of fused-ring (bicyclic) bond motifs is 1. The van der Waals surface area contributed by atoms with Crippen LogP contribution in [0, 0.1) is 0 Å². The van der Waals surface area contributed by atoms with E-state index < -0.39 is 0 Å². The van der Waals surface area contributed by atoms with Crippen LogP contribution in [0.5, 0.6) is 0 Å². The largest absolute Gasteiger partial charge is 0.330 e. The Hall–Kier alpha value is -0.870. The van der Waals surface area contributed by atoms with Crippen molar-refractivity contribution in [1.82, 2.24) is 9.55 Å². The molecule has 20 heavy (non-hydrogen) atoms. The average Bonchev–Trinajstić information content (AvgIpc) is 2.76. The molecule has 0 aliphatic carbocycles. The number of nitrogens with two attached hydrogens (primary N) is 1. The van der Waals surface area contributed by atoms with Gasteiger partial charge in [-0.1, -0.05) is 35.7 Å². The van der Waals surface area contributed by atoms with E-state index in [4.69, 9.17) is 10.7 Å². The molecular weight excluding hydrogens is 314 g/mol. The zero-order valence-corrected chi connectivity index (χ0v) is 13.8. The number of hydrogen-bond donors (Lipinski definition) is 1. The van der Waals surface area contributed by atoms with E-state index in [-0.39, 0.29) is 0 Å². The van der Waals surface area contributed by atoms with Crippen molar-refractivity contribution in [2.45, 2.75) is 52.0 Å². The number of rotatable bonds is 8. The molecule has 0 amide bonds. The molecular formula is C16H24BrN3. The number of imidazole rings is 1. The summed E-state index contributed by atoms with van der Waals surface area (Å²) in [4.78, 5) is 4.82. The second kappa shape index (κ2) is 7.79. The van der Waals surface area contributed by atoms with Gasteiger partial charge in [-0.25, -0.2) is 4.98 Å². The third-order valence-electron chi connectivity index (χ3n) is 3.59. The lowest BCUT2D eigenvalue weighted by Crippen LogP contribution is -2.04. The molecule has 110 valence electrons. The van der Waals surface area contributed by atoms with Gasteiger partial charge in [0.15, 0.2) is 0 Å². The number of hydrogen-bond acceptors (Lipinski definition) is 2. The van der Waals surface area contributed by atoms with Crippen molar-refractivity contribution >= 4 is 27.0 Å². The maximum absolute atomic E-state index is 5.53. The Morgan fingerprint density at radius 2 is 2.00 bits per heavy atom. The van der Waals surface area contributed by atoms with Gasteiger partial charge in [-0.15, -0.1) is 0 Å². The predicted molar refractivity (Wildman–Crippen MR) is 89.0 cm³/mol. The summed E-state index contributed by atoms with van der Waals surface area (Å²) >= 11 is 3.53. The van der Waals surface area contributed by atoms with E-state index >= 15 is 0 Å². The van der Waals surface area contributed by atoms with Crippen LogP contribution in [0.1, 0.15) is 44.9 Å². The Morgan fingerprint density at radius 1 is 1.20 bits per heavy atom. The Morgan fingerprint density at radius 3 is 2.75 bits per heavy atom. The Kier molecular flexibility index (Phi) is 6.05. The Labute approximate surface area is 129 Å². The predicted octanol–water partition coefficient (Wildman–Crippen LogP) is 4.27. The van der Waals surface area contributed by atoms with E-state index in [1.807, 2.05) is 0 Å². The fourth-order valence-corrected chi connectivity index (χ4v) is 2.95. The van der Waals surface area contributed by atoms with Gasteiger partial charge in [-0.2, -0.15) is 0 Å². The molecule has 0 saturated heterocycles. The number of unbranched alkanes of at least 4 members (excludes halogenated alkanes) is 3. The SMILES string of the molecule is CCCn1c(CCCCCCN)nc2cc(Br)ccc21. The minimum Gasteiger partial charge on any atom is -0.330 e. The lowest BCUT2D eigenvalue weighted by Gasteiger charge is -2.07. The molecule has 0 atom stereocenters. The van der Waals surface area contributed by atoms with Gasteiger partial charge in [-0.05, 0) is 44.0 Å². The lowest BCUT2D eigenvalue weighted by atomic mass is 10.1. The first-order valence-corrected chi connectivity index (χ1v) is 8.40. The van der Waals surface area contributed by atoms with Gasteiger partial charge in [-0.3, -0.25) is 0 Å². The van der Waals surface area contributed by atoms with Gasteiger partial charge in [0.1, 0.15) is 5.82 Å². The van der Waals surface area contributed by atoms with Crippen LogP contribution in [0.4, 0.5) is 0 Å². The number of halogens is 1. The molecule has 0 fully saturated rings. The molecule has 2 N–H and O–H groups in total. The summed E-state index contributed by atoms with van der Waals surface area (Å²) < 4.78 is 3.48. The van der Waals surface area contributed by atoms with Crippen molar-refractivity contribution in [3.8, 4) is 0 Å². The number of nitrogens with zero attached hydrogens (tertiary/aromatic N) is 2. The van der Waals surface area contributed by atoms with Crippen molar-refractivity contribution in [3.05, 3.63) is 28.5 Å². The molecule has 4 heteroatoms. The number of aryl methyl sites for hydroxylation is 2. The van der Waals surface area contributed by atoms with E-state index in [9.17, 15) is 0 Å². The van der Waals surface area contributed by atoms with Crippen molar-refractivity contribution in [2.75, 3.05) is 6.54 Å². The van der Waals surface area contributed by atoms with Crippen molar-refractivity contribution in [1.29, 1.82) is 0 Å². The fourth-order valence-electron chi connectivity index (χ4n) is 2.60. The van der Waals surface area contributed by atoms with Crippen LogP contribution >= 0.6 is 15.9 Å². The number of aromatic nitrogens is 2. The molecule has 2 aromatic rings. The van der Waals surface area contributed by atoms with Crippen molar-refractivity contribution in [3.63, 3.8) is 0 Å².